The Morgan fingerprint density at radius 3 is 2.38 bits per heavy atom. The normalized spacial score (nSPS) is 20.7. The van der Waals surface area contributed by atoms with E-state index in [0.29, 0.717) is 43.9 Å². The largest absolute Gasteiger partial charge is 0.492 e. The molecule has 2 heterocycles. The van der Waals surface area contributed by atoms with Crippen molar-refractivity contribution in [2.24, 2.45) is 0 Å². The maximum atomic E-state index is 13.1. The van der Waals surface area contributed by atoms with Crippen LogP contribution < -0.4 is 10.1 Å². The number of piperazine rings is 1. The molecule has 9 nitrogen and oxygen atoms in total. The van der Waals surface area contributed by atoms with E-state index in [1.54, 1.807) is 36.1 Å². The first-order valence-corrected chi connectivity index (χ1v) is 11.2. The third-order valence-electron chi connectivity index (χ3n) is 6.30. The van der Waals surface area contributed by atoms with Gasteiger partial charge in [-0.25, -0.2) is 4.79 Å². The Balaban J connectivity index is 1.28. The van der Waals surface area contributed by atoms with Gasteiger partial charge < -0.3 is 15.0 Å². The summed E-state index contributed by atoms with van der Waals surface area (Å²) < 4.78 is 5.74. The molecule has 4 rings (SSSR count). The number of para-hydroxylation sites is 1. The van der Waals surface area contributed by atoms with Crippen molar-refractivity contribution in [2.45, 2.75) is 12.5 Å². The zero-order valence-corrected chi connectivity index (χ0v) is 19.1. The third-order valence-corrected chi connectivity index (χ3v) is 6.30. The molecule has 1 atom stereocenters. The zero-order chi connectivity index (χ0) is 24.1. The van der Waals surface area contributed by atoms with Gasteiger partial charge >= 0.3 is 6.03 Å². The molecule has 2 saturated heterocycles. The van der Waals surface area contributed by atoms with Crippen LogP contribution in [-0.4, -0.2) is 78.4 Å². The molecule has 1 unspecified atom stereocenters. The summed E-state index contributed by atoms with van der Waals surface area (Å²) in [7, 11) is 0. The number of nitrogens with one attached hydrogen (secondary N) is 1. The van der Waals surface area contributed by atoms with Crippen molar-refractivity contribution < 1.29 is 19.1 Å². The van der Waals surface area contributed by atoms with Gasteiger partial charge in [0.1, 0.15) is 24.4 Å². The van der Waals surface area contributed by atoms with Gasteiger partial charge in [-0.3, -0.25) is 19.4 Å². The second-order valence-corrected chi connectivity index (χ2v) is 8.52. The van der Waals surface area contributed by atoms with Gasteiger partial charge in [0.05, 0.1) is 11.6 Å². The molecule has 0 spiro atoms. The van der Waals surface area contributed by atoms with E-state index in [1.165, 1.54) is 0 Å². The second-order valence-electron chi connectivity index (χ2n) is 8.52. The van der Waals surface area contributed by atoms with E-state index >= 15 is 0 Å². The van der Waals surface area contributed by atoms with Gasteiger partial charge in [0, 0.05) is 32.7 Å². The maximum Gasteiger partial charge on any atom is 0.325 e. The van der Waals surface area contributed by atoms with Gasteiger partial charge in [-0.15, -0.1) is 0 Å². The van der Waals surface area contributed by atoms with Crippen LogP contribution in [0, 0.1) is 11.3 Å². The lowest BCUT2D eigenvalue weighted by Gasteiger charge is -2.35. The Hall–Kier alpha value is -3.90. The fraction of sp³-hybridized carbons (Fsp3) is 0.360. The predicted molar refractivity (Wildman–Crippen MR) is 124 cm³/mol. The van der Waals surface area contributed by atoms with Gasteiger partial charge in [-0.1, -0.05) is 30.3 Å². The number of amides is 4. The van der Waals surface area contributed by atoms with Crippen molar-refractivity contribution in [3.8, 4) is 11.8 Å². The van der Waals surface area contributed by atoms with Crippen LogP contribution in [0.25, 0.3) is 0 Å². The van der Waals surface area contributed by atoms with Crippen LogP contribution in [0.5, 0.6) is 5.75 Å². The van der Waals surface area contributed by atoms with E-state index in [9.17, 15) is 14.4 Å². The van der Waals surface area contributed by atoms with Gasteiger partial charge in [-0.2, -0.15) is 5.26 Å². The maximum absolute atomic E-state index is 13.1. The molecule has 2 aliphatic rings. The molecule has 2 aromatic rings. The quantitative estimate of drug-likeness (QED) is 0.627. The molecule has 4 amide bonds. The molecule has 0 radical (unpaired) electrons. The minimum Gasteiger partial charge on any atom is -0.492 e. The summed E-state index contributed by atoms with van der Waals surface area (Å²) in [5.41, 5.74) is -0.254. The van der Waals surface area contributed by atoms with E-state index < -0.39 is 17.5 Å². The van der Waals surface area contributed by atoms with Crippen LogP contribution in [0.2, 0.25) is 0 Å². The summed E-state index contributed by atoms with van der Waals surface area (Å²) in [6.07, 6.45) is 0. The van der Waals surface area contributed by atoms with Crippen molar-refractivity contribution in [3.63, 3.8) is 0 Å². The van der Waals surface area contributed by atoms with Crippen LogP contribution in [0.4, 0.5) is 4.79 Å². The lowest BCUT2D eigenvalue weighted by Crippen LogP contribution is -2.52. The molecule has 2 aromatic carbocycles. The molecule has 2 fully saturated rings. The molecule has 0 aliphatic carbocycles. The summed E-state index contributed by atoms with van der Waals surface area (Å²) in [5, 5.41) is 11.7. The summed E-state index contributed by atoms with van der Waals surface area (Å²) in [4.78, 5) is 43.4. The highest BCUT2D eigenvalue weighted by molar-refractivity contribution is 6.09. The van der Waals surface area contributed by atoms with E-state index in [2.05, 4.69) is 10.2 Å². The highest BCUT2D eigenvalue weighted by Crippen LogP contribution is 2.29. The van der Waals surface area contributed by atoms with E-state index in [4.69, 9.17) is 10.00 Å². The fourth-order valence-electron chi connectivity index (χ4n) is 4.18. The molecule has 34 heavy (non-hydrogen) atoms. The number of benzene rings is 2. The number of hydrogen-bond acceptors (Lipinski definition) is 6. The van der Waals surface area contributed by atoms with Crippen molar-refractivity contribution >= 4 is 17.8 Å². The van der Waals surface area contributed by atoms with E-state index in [-0.39, 0.29) is 12.5 Å². The Morgan fingerprint density at radius 2 is 1.74 bits per heavy atom. The molecule has 0 bridgehead atoms. The average Bonchev–Trinajstić information content (AvgIpc) is 3.09. The van der Waals surface area contributed by atoms with Crippen LogP contribution >= 0.6 is 0 Å². The lowest BCUT2D eigenvalue weighted by molar-refractivity contribution is -0.139. The van der Waals surface area contributed by atoms with Gasteiger partial charge in [0.25, 0.3) is 5.91 Å². The number of imide groups is 1. The molecule has 0 aromatic heterocycles. The molecular weight excluding hydrogens is 434 g/mol. The number of nitrogens with zero attached hydrogens (tertiary/aromatic N) is 4. The smallest absolute Gasteiger partial charge is 0.325 e. The first kappa shape index (κ1) is 23.3. The minimum absolute atomic E-state index is 0.257. The van der Waals surface area contributed by atoms with E-state index in [0.717, 1.165) is 17.2 Å². The second kappa shape index (κ2) is 9.93. The van der Waals surface area contributed by atoms with Gasteiger partial charge in [-0.05, 0) is 36.8 Å². The molecule has 0 saturated carbocycles. The average molecular weight is 462 g/mol. The van der Waals surface area contributed by atoms with Crippen LogP contribution in [0.15, 0.2) is 54.6 Å². The highest BCUT2D eigenvalue weighted by Gasteiger charge is 2.49. The van der Waals surface area contributed by atoms with E-state index in [1.807, 2.05) is 36.4 Å². The number of urea groups is 1. The molecular formula is C25H27N5O4. The zero-order valence-electron chi connectivity index (χ0n) is 19.1. The number of hydrogen-bond donors (Lipinski definition) is 1. The number of ether oxygens (including phenoxy) is 1. The number of carbonyl (C=O) groups is 3. The van der Waals surface area contributed by atoms with Crippen molar-refractivity contribution in [2.75, 3.05) is 45.9 Å². The molecule has 1 N–H and O–H groups in total. The fourth-order valence-corrected chi connectivity index (χ4v) is 4.18. The van der Waals surface area contributed by atoms with Crippen LogP contribution in [0.1, 0.15) is 18.1 Å². The van der Waals surface area contributed by atoms with Crippen molar-refractivity contribution in [1.29, 1.82) is 5.26 Å². The summed E-state index contributed by atoms with van der Waals surface area (Å²) in [5.74, 6) is 0.0953. The topological polar surface area (TPSA) is 106 Å². The number of nitriles is 1. The van der Waals surface area contributed by atoms with Crippen LogP contribution in [0.3, 0.4) is 0 Å². The lowest BCUT2D eigenvalue weighted by atomic mass is 9.91. The third kappa shape index (κ3) is 4.87. The van der Waals surface area contributed by atoms with Crippen molar-refractivity contribution in [1.82, 2.24) is 20.0 Å². The summed E-state index contributed by atoms with van der Waals surface area (Å²) >= 11 is 0. The van der Waals surface area contributed by atoms with Gasteiger partial charge in [0.2, 0.25) is 5.91 Å². The Labute approximate surface area is 198 Å². The summed E-state index contributed by atoms with van der Waals surface area (Å²) in [6.45, 7) is 5.09. The Kier molecular flexibility index (Phi) is 6.80. The number of rotatable bonds is 7. The Bertz CT molecular complexity index is 1090. The molecule has 2 aliphatic heterocycles. The first-order chi connectivity index (χ1) is 16.4. The molecule has 9 heteroatoms. The Morgan fingerprint density at radius 1 is 1.06 bits per heavy atom. The SMILES string of the molecule is CC1(c2ccc(C#N)cc2)NC(=O)N(CC(=O)N2CCN(CCOc3ccccc3)CC2)C1=O. The number of carbonyl (C=O) groups excluding carboxylic acids is 3. The molecule has 176 valence electrons. The highest BCUT2D eigenvalue weighted by atomic mass is 16.5. The van der Waals surface area contributed by atoms with Gasteiger partial charge in [0.15, 0.2) is 0 Å². The summed E-state index contributed by atoms with van der Waals surface area (Å²) in [6, 6.07) is 17.5. The van der Waals surface area contributed by atoms with Crippen molar-refractivity contribution in [3.05, 3.63) is 65.7 Å². The monoisotopic (exact) mass is 461 g/mol. The van der Waals surface area contributed by atoms with Crippen LogP contribution in [-0.2, 0) is 15.1 Å². The minimum atomic E-state index is -1.28. The predicted octanol–water partition coefficient (Wildman–Crippen LogP) is 1.55. The standard InChI is InChI=1S/C25H27N5O4/c1-25(20-9-7-19(17-26)8-10-20)23(32)30(24(33)27-25)18-22(31)29-13-11-28(12-14-29)15-16-34-21-5-3-2-4-6-21/h2-10H,11-16,18H2,1H3,(H,27,33). The first-order valence-electron chi connectivity index (χ1n) is 11.2.